The largest absolute Gasteiger partial charge is 0.451 e. The standard InChI is InChI=1S/C17H17ClN2O5/c1-10-8-19(9-11(2)24-10)17(21)16-6-5-15(25-16)13-4-3-12(20(22)23)7-14(13)18/h3-7,10-11H,8-9H2,1-2H3. The molecule has 2 aromatic rings. The normalized spacial score (nSPS) is 20.5. The van der Waals surface area contributed by atoms with E-state index in [1.807, 2.05) is 13.8 Å². The molecule has 1 aromatic heterocycles. The van der Waals surface area contributed by atoms with Crippen LogP contribution in [0.15, 0.2) is 34.7 Å². The van der Waals surface area contributed by atoms with Crippen molar-refractivity contribution < 1.29 is 18.9 Å². The van der Waals surface area contributed by atoms with Crippen LogP contribution in [0.4, 0.5) is 5.69 Å². The molecule has 2 unspecified atom stereocenters. The average molecular weight is 365 g/mol. The van der Waals surface area contributed by atoms with Crippen LogP contribution in [-0.4, -0.2) is 41.0 Å². The van der Waals surface area contributed by atoms with Crippen LogP contribution in [0, 0.1) is 10.1 Å². The van der Waals surface area contributed by atoms with Crippen LogP contribution in [0.5, 0.6) is 0 Å². The highest BCUT2D eigenvalue weighted by Crippen LogP contribution is 2.32. The minimum absolute atomic E-state index is 0.0359. The average Bonchev–Trinajstić information content (AvgIpc) is 3.02. The summed E-state index contributed by atoms with van der Waals surface area (Å²) in [7, 11) is 0. The Kier molecular flexibility index (Phi) is 4.78. The summed E-state index contributed by atoms with van der Waals surface area (Å²) in [6.45, 7) is 4.83. The molecule has 1 saturated heterocycles. The van der Waals surface area contributed by atoms with Gasteiger partial charge in [-0.25, -0.2) is 0 Å². The van der Waals surface area contributed by atoms with Crippen molar-refractivity contribution in [1.82, 2.24) is 4.90 Å². The number of furan rings is 1. The maximum absolute atomic E-state index is 12.6. The zero-order valence-corrected chi connectivity index (χ0v) is 14.5. The molecule has 8 heteroatoms. The highest BCUT2D eigenvalue weighted by Gasteiger charge is 2.28. The van der Waals surface area contributed by atoms with Crippen molar-refractivity contribution in [1.29, 1.82) is 0 Å². The van der Waals surface area contributed by atoms with Gasteiger partial charge in [-0.05, 0) is 32.0 Å². The number of hydrogen-bond donors (Lipinski definition) is 0. The molecule has 0 radical (unpaired) electrons. The first-order chi connectivity index (χ1) is 11.8. The third-order valence-corrected chi connectivity index (χ3v) is 4.27. The van der Waals surface area contributed by atoms with Crippen molar-refractivity contribution >= 4 is 23.2 Å². The predicted octanol–water partition coefficient (Wildman–Crippen LogP) is 3.76. The number of benzene rings is 1. The van der Waals surface area contributed by atoms with E-state index in [0.717, 1.165) is 0 Å². The van der Waals surface area contributed by atoms with E-state index in [4.69, 9.17) is 20.8 Å². The molecule has 132 valence electrons. The second kappa shape index (κ2) is 6.85. The van der Waals surface area contributed by atoms with Crippen molar-refractivity contribution in [3.8, 4) is 11.3 Å². The van der Waals surface area contributed by atoms with Gasteiger partial charge in [0.25, 0.3) is 11.6 Å². The summed E-state index contributed by atoms with van der Waals surface area (Å²) >= 11 is 6.11. The first-order valence-corrected chi connectivity index (χ1v) is 8.22. The van der Waals surface area contributed by atoms with Crippen LogP contribution in [-0.2, 0) is 4.74 Å². The number of ether oxygens (including phenoxy) is 1. The van der Waals surface area contributed by atoms with E-state index in [1.165, 1.54) is 18.2 Å². The summed E-state index contributed by atoms with van der Waals surface area (Å²) in [4.78, 5) is 24.6. The van der Waals surface area contributed by atoms with Gasteiger partial charge in [0.05, 0.1) is 22.2 Å². The minimum atomic E-state index is -0.520. The Morgan fingerprint density at radius 3 is 2.52 bits per heavy atom. The lowest BCUT2D eigenvalue weighted by atomic mass is 10.1. The Hall–Kier alpha value is -2.38. The van der Waals surface area contributed by atoms with Gasteiger partial charge >= 0.3 is 0 Å². The number of nitro groups is 1. The molecule has 7 nitrogen and oxygen atoms in total. The van der Waals surface area contributed by atoms with Crippen molar-refractivity contribution in [3.63, 3.8) is 0 Å². The van der Waals surface area contributed by atoms with Gasteiger partial charge in [-0.1, -0.05) is 11.6 Å². The quantitative estimate of drug-likeness (QED) is 0.611. The van der Waals surface area contributed by atoms with Crippen LogP contribution in [0.25, 0.3) is 11.3 Å². The van der Waals surface area contributed by atoms with Crippen LogP contribution in [0.1, 0.15) is 24.4 Å². The van der Waals surface area contributed by atoms with Crippen LogP contribution in [0.3, 0.4) is 0 Å². The topological polar surface area (TPSA) is 85.8 Å². The Balaban J connectivity index is 1.83. The number of amides is 1. The lowest BCUT2D eigenvalue weighted by Gasteiger charge is -2.34. The van der Waals surface area contributed by atoms with Gasteiger partial charge in [0.1, 0.15) is 5.76 Å². The molecule has 2 heterocycles. The second-order valence-electron chi connectivity index (χ2n) is 6.05. The van der Waals surface area contributed by atoms with E-state index in [1.54, 1.807) is 17.0 Å². The third-order valence-electron chi connectivity index (χ3n) is 3.95. The fourth-order valence-electron chi connectivity index (χ4n) is 2.91. The number of carbonyl (C=O) groups excluding carboxylic acids is 1. The summed E-state index contributed by atoms with van der Waals surface area (Å²) < 4.78 is 11.3. The van der Waals surface area contributed by atoms with Crippen LogP contribution < -0.4 is 0 Å². The van der Waals surface area contributed by atoms with Gasteiger partial charge in [0.15, 0.2) is 5.76 Å². The summed E-state index contributed by atoms with van der Waals surface area (Å²) in [6.07, 6.45) is -0.0718. The van der Waals surface area contributed by atoms with Gasteiger partial charge in [-0.2, -0.15) is 0 Å². The lowest BCUT2D eigenvalue weighted by Crippen LogP contribution is -2.48. The number of nitro benzene ring substituents is 1. The number of morpholine rings is 1. The predicted molar refractivity (Wildman–Crippen MR) is 91.7 cm³/mol. The molecule has 0 aliphatic carbocycles. The highest BCUT2D eigenvalue weighted by molar-refractivity contribution is 6.33. The number of halogens is 1. The number of hydrogen-bond acceptors (Lipinski definition) is 5. The maximum atomic E-state index is 12.6. The molecule has 0 bridgehead atoms. The summed E-state index contributed by atoms with van der Waals surface area (Å²) in [5.41, 5.74) is 0.392. The molecule has 0 N–H and O–H groups in total. The second-order valence-corrected chi connectivity index (χ2v) is 6.46. The highest BCUT2D eigenvalue weighted by atomic mass is 35.5. The van der Waals surface area contributed by atoms with Gasteiger partial charge in [-0.15, -0.1) is 0 Å². The van der Waals surface area contributed by atoms with Crippen molar-refractivity contribution in [3.05, 3.63) is 51.2 Å². The summed E-state index contributed by atoms with van der Waals surface area (Å²) in [5.74, 6) is 0.370. The molecule has 0 saturated carbocycles. The molecular formula is C17H17ClN2O5. The van der Waals surface area contributed by atoms with Gasteiger partial charge in [-0.3, -0.25) is 14.9 Å². The zero-order valence-electron chi connectivity index (χ0n) is 13.8. The van der Waals surface area contributed by atoms with E-state index in [-0.39, 0.29) is 34.6 Å². The molecule has 1 fully saturated rings. The fraction of sp³-hybridized carbons (Fsp3) is 0.353. The van der Waals surface area contributed by atoms with E-state index in [2.05, 4.69) is 0 Å². The minimum Gasteiger partial charge on any atom is -0.451 e. The summed E-state index contributed by atoms with van der Waals surface area (Å²) in [6, 6.07) is 7.32. The van der Waals surface area contributed by atoms with E-state index in [9.17, 15) is 14.9 Å². The van der Waals surface area contributed by atoms with Gasteiger partial charge in [0.2, 0.25) is 0 Å². The fourth-order valence-corrected chi connectivity index (χ4v) is 3.18. The van der Waals surface area contributed by atoms with Crippen molar-refractivity contribution in [2.75, 3.05) is 13.1 Å². The van der Waals surface area contributed by atoms with Crippen molar-refractivity contribution in [2.24, 2.45) is 0 Å². The van der Waals surface area contributed by atoms with E-state index < -0.39 is 4.92 Å². The Morgan fingerprint density at radius 2 is 1.92 bits per heavy atom. The Morgan fingerprint density at radius 1 is 1.24 bits per heavy atom. The number of nitrogens with zero attached hydrogens (tertiary/aromatic N) is 2. The Labute approximate surface area is 149 Å². The van der Waals surface area contributed by atoms with E-state index >= 15 is 0 Å². The molecule has 1 aliphatic rings. The number of non-ortho nitro benzene ring substituents is 1. The first-order valence-electron chi connectivity index (χ1n) is 7.84. The number of carbonyl (C=O) groups is 1. The van der Waals surface area contributed by atoms with E-state index in [0.29, 0.717) is 24.4 Å². The molecule has 1 amide bonds. The lowest BCUT2D eigenvalue weighted by molar-refractivity contribution is -0.384. The molecule has 1 aromatic carbocycles. The van der Waals surface area contributed by atoms with Gasteiger partial charge in [0, 0.05) is 30.8 Å². The third kappa shape index (κ3) is 3.67. The summed E-state index contributed by atoms with van der Waals surface area (Å²) in [5, 5.41) is 11.0. The molecule has 1 aliphatic heterocycles. The maximum Gasteiger partial charge on any atom is 0.289 e. The van der Waals surface area contributed by atoms with Crippen LogP contribution >= 0.6 is 11.6 Å². The molecule has 3 rings (SSSR count). The zero-order chi connectivity index (χ0) is 18.1. The SMILES string of the molecule is CC1CN(C(=O)c2ccc(-c3ccc([N+](=O)[O-])cc3Cl)o2)CC(C)O1. The molecule has 25 heavy (non-hydrogen) atoms. The molecule has 2 atom stereocenters. The van der Waals surface area contributed by atoms with Gasteiger partial charge < -0.3 is 14.1 Å². The monoisotopic (exact) mass is 364 g/mol. The van der Waals surface area contributed by atoms with Crippen LogP contribution in [0.2, 0.25) is 5.02 Å². The smallest absolute Gasteiger partial charge is 0.289 e. The molecular weight excluding hydrogens is 348 g/mol. The Bertz CT molecular complexity index is 809. The van der Waals surface area contributed by atoms with Crippen molar-refractivity contribution in [2.45, 2.75) is 26.1 Å². The molecule has 0 spiro atoms. The number of rotatable bonds is 3. The first kappa shape index (κ1) is 17.4.